The number of nitrogens with one attached hydrogen (secondary N) is 1. The summed E-state index contributed by atoms with van der Waals surface area (Å²) in [4.78, 5) is 0. The summed E-state index contributed by atoms with van der Waals surface area (Å²) in [5.41, 5.74) is 1.53. The molecule has 1 N–H and O–H groups in total. The first-order chi connectivity index (χ1) is 10.8. The van der Waals surface area contributed by atoms with Crippen molar-refractivity contribution >= 4 is 10.0 Å². The molecule has 6 nitrogen and oxygen atoms in total. The number of ether oxygens (including phenoxy) is 1. The SMILES string of the molecule is COc1ccc(CN[C@@H]2CCN(S(C)(=O)=O)C[C@@H]2C)cc1C#N. The maximum absolute atomic E-state index is 11.6. The summed E-state index contributed by atoms with van der Waals surface area (Å²) in [5.74, 6) is 0.818. The minimum atomic E-state index is -3.11. The van der Waals surface area contributed by atoms with E-state index in [1.165, 1.54) is 10.6 Å². The summed E-state index contributed by atoms with van der Waals surface area (Å²) in [6.45, 7) is 3.80. The lowest BCUT2D eigenvalue weighted by atomic mass is 9.95. The topological polar surface area (TPSA) is 82.4 Å². The third-order valence-electron chi connectivity index (χ3n) is 4.29. The van der Waals surface area contributed by atoms with Crippen molar-refractivity contribution < 1.29 is 13.2 Å². The van der Waals surface area contributed by atoms with Crippen molar-refractivity contribution in [2.24, 2.45) is 5.92 Å². The number of methoxy groups -OCH3 is 1. The van der Waals surface area contributed by atoms with Crippen molar-refractivity contribution in [1.29, 1.82) is 5.26 Å². The molecule has 1 aliphatic rings. The van der Waals surface area contributed by atoms with Crippen LogP contribution in [0.4, 0.5) is 0 Å². The standard InChI is InChI=1S/C16H23N3O3S/c1-12-11-19(23(3,20)21)7-6-15(12)18-10-13-4-5-16(22-2)14(8-13)9-17/h4-5,8,12,15,18H,6-7,10-11H2,1-3H3/t12-,15+/m0/s1. The van der Waals surface area contributed by atoms with Gasteiger partial charge in [0.2, 0.25) is 10.0 Å². The van der Waals surface area contributed by atoms with Gasteiger partial charge in [-0.2, -0.15) is 5.26 Å². The molecule has 1 heterocycles. The Morgan fingerprint density at radius 2 is 2.22 bits per heavy atom. The first-order valence-electron chi connectivity index (χ1n) is 7.60. The third kappa shape index (κ3) is 4.44. The van der Waals surface area contributed by atoms with Crippen molar-refractivity contribution in [3.05, 3.63) is 29.3 Å². The maximum Gasteiger partial charge on any atom is 0.211 e. The van der Waals surface area contributed by atoms with Gasteiger partial charge >= 0.3 is 0 Å². The Morgan fingerprint density at radius 3 is 2.78 bits per heavy atom. The second-order valence-corrected chi connectivity index (χ2v) is 8.00. The van der Waals surface area contributed by atoms with Crippen molar-refractivity contribution in [2.45, 2.75) is 25.9 Å². The molecule has 1 aromatic rings. The molecular formula is C16H23N3O3S. The van der Waals surface area contributed by atoms with Gasteiger partial charge in [0.15, 0.2) is 0 Å². The molecular weight excluding hydrogens is 314 g/mol. The van der Waals surface area contributed by atoms with Crippen LogP contribution >= 0.6 is 0 Å². The first-order valence-corrected chi connectivity index (χ1v) is 9.45. The fourth-order valence-corrected chi connectivity index (χ4v) is 3.86. The van der Waals surface area contributed by atoms with E-state index in [1.54, 1.807) is 13.2 Å². The van der Waals surface area contributed by atoms with Crippen molar-refractivity contribution in [3.8, 4) is 11.8 Å². The highest BCUT2D eigenvalue weighted by Gasteiger charge is 2.29. The van der Waals surface area contributed by atoms with Gasteiger partial charge in [-0.25, -0.2) is 12.7 Å². The molecule has 2 atom stereocenters. The van der Waals surface area contributed by atoms with E-state index in [4.69, 9.17) is 10.00 Å². The van der Waals surface area contributed by atoms with E-state index < -0.39 is 10.0 Å². The van der Waals surface area contributed by atoms with Crippen molar-refractivity contribution in [2.75, 3.05) is 26.5 Å². The predicted octanol–water partition coefficient (Wildman–Crippen LogP) is 1.33. The summed E-state index contributed by atoms with van der Waals surface area (Å²) in [5, 5.41) is 12.6. The van der Waals surface area contributed by atoms with E-state index in [0.29, 0.717) is 30.9 Å². The highest BCUT2D eigenvalue weighted by atomic mass is 32.2. The van der Waals surface area contributed by atoms with Gasteiger partial charge < -0.3 is 10.1 Å². The second kappa shape index (κ2) is 7.30. The Labute approximate surface area is 138 Å². The number of nitrogens with zero attached hydrogens (tertiary/aromatic N) is 2. The molecule has 1 saturated heterocycles. The van der Waals surface area contributed by atoms with Gasteiger partial charge in [0.25, 0.3) is 0 Å². The minimum absolute atomic E-state index is 0.243. The van der Waals surface area contributed by atoms with Gasteiger partial charge in [-0.05, 0) is 30.0 Å². The lowest BCUT2D eigenvalue weighted by Crippen LogP contribution is -2.49. The zero-order chi connectivity index (χ0) is 17.0. The highest BCUT2D eigenvalue weighted by molar-refractivity contribution is 7.88. The van der Waals surface area contributed by atoms with E-state index in [0.717, 1.165) is 12.0 Å². The summed E-state index contributed by atoms with van der Waals surface area (Å²) in [6.07, 6.45) is 2.05. The molecule has 0 spiro atoms. The average Bonchev–Trinajstić information content (AvgIpc) is 2.52. The number of piperidine rings is 1. The number of hydrogen-bond acceptors (Lipinski definition) is 5. The van der Waals surface area contributed by atoms with Crippen LogP contribution in [0.15, 0.2) is 18.2 Å². The van der Waals surface area contributed by atoms with Crippen LogP contribution in [0, 0.1) is 17.2 Å². The molecule has 0 aromatic heterocycles. The van der Waals surface area contributed by atoms with Gasteiger partial charge in [-0.15, -0.1) is 0 Å². The molecule has 1 fully saturated rings. The Balaban J connectivity index is 1.96. The van der Waals surface area contributed by atoms with Gasteiger partial charge in [0.05, 0.1) is 18.9 Å². The van der Waals surface area contributed by atoms with Crippen LogP contribution in [-0.2, 0) is 16.6 Å². The normalized spacial score (nSPS) is 22.5. The van der Waals surface area contributed by atoms with Crippen LogP contribution in [0.25, 0.3) is 0 Å². The summed E-state index contributed by atoms with van der Waals surface area (Å²) >= 11 is 0. The van der Waals surface area contributed by atoms with Crippen LogP contribution < -0.4 is 10.1 Å². The van der Waals surface area contributed by atoms with E-state index >= 15 is 0 Å². The highest BCUT2D eigenvalue weighted by Crippen LogP contribution is 2.21. The molecule has 23 heavy (non-hydrogen) atoms. The van der Waals surface area contributed by atoms with Crippen LogP contribution in [0.5, 0.6) is 5.75 Å². The zero-order valence-electron chi connectivity index (χ0n) is 13.7. The van der Waals surface area contributed by atoms with E-state index in [1.807, 2.05) is 12.1 Å². The fraction of sp³-hybridized carbons (Fsp3) is 0.562. The quantitative estimate of drug-likeness (QED) is 0.876. The summed E-state index contributed by atoms with van der Waals surface area (Å²) in [7, 11) is -1.56. The van der Waals surface area contributed by atoms with E-state index in [9.17, 15) is 8.42 Å². The third-order valence-corrected chi connectivity index (χ3v) is 5.56. The van der Waals surface area contributed by atoms with Crippen LogP contribution in [0.1, 0.15) is 24.5 Å². The maximum atomic E-state index is 11.6. The largest absolute Gasteiger partial charge is 0.495 e. The number of hydrogen-bond donors (Lipinski definition) is 1. The van der Waals surface area contributed by atoms with Crippen LogP contribution in [0.2, 0.25) is 0 Å². The van der Waals surface area contributed by atoms with Gasteiger partial charge in [-0.1, -0.05) is 13.0 Å². The number of nitriles is 1. The molecule has 2 rings (SSSR count). The van der Waals surface area contributed by atoms with Crippen LogP contribution in [0.3, 0.4) is 0 Å². The first kappa shape index (κ1) is 17.7. The molecule has 126 valence electrons. The Bertz CT molecular complexity index is 697. The molecule has 1 aromatic carbocycles. The summed E-state index contributed by atoms with van der Waals surface area (Å²) < 4.78 is 29.9. The predicted molar refractivity (Wildman–Crippen MR) is 88.5 cm³/mol. The number of rotatable bonds is 5. The molecule has 0 unspecified atom stereocenters. The Kier molecular flexibility index (Phi) is 5.63. The summed E-state index contributed by atoms with van der Waals surface area (Å²) in [6, 6.07) is 7.95. The minimum Gasteiger partial charge on any atom is -0.495 e. The molecule has 0 aliphatic carbocycles. The second-order valence-electron chi connectivity index (χ2n) is 6.02. The molecule has 0 radical (unpaired) electrons. The van der Waals surface area contributed by atoms with Gasteiger partial charge in [0.1, 0.15) is 11.8 Å². The lowest BCUT2D eigenvalue weighted by Gasteiger charge is -2.36. The zero-order valence-corrected chi connectivity index (χ0v) is 14.6. The monoisotopic (exact) mass is 337 g/mol. The van der Waals surface area contributed by atoms with Crippen molar-refractivity contribution in [1.82, 2.24) is 9.62 Å². The van der Waals surface area contributed by atoms with E-state index in [2.05, 4.69) is 18.3 Å². The number of sulfonamides is 1. The van der Waals surface area contributed by atoms with E-state index in [-0.39, 0.29) is 12.0 Å². The van der Waals surface area contributed by atoms with Crippen LogP contribution in [-0.4, -0.2) is 45.2 Å². The molecule has 0 bridgehead atoms. The lowest BCUT2D eigenvalue weighted by molar-refractivity contribution is 0.220. The number of benzene rings is 1. The molecule has 0 saturated carbocycles. The Morgan fingerprint density at radius 1 is 1.48 bits per heavy atom. The van der Waals surface area contributed by atoms with Gasteiger partial charge in [-0.3, -0.25) is 0 Å². The molecule has 7 heteroatoms. The van der Waals surface area contributed by atoms with Crippen molar-refractivity contribution in [3.63, 3.8) is 0 Å². The average molecular weight is 337 g/mol. The fourth-order valence-electron chi connectivity index (χ4n) is 2.91. The smallest absolute Gasteiger partial charge is 0.211 e. The van der Waals surface area contributed by atoms with Gasteiger partial charge in [0, 0.05) is 25.7 Å². The molecule has 1 aliphatic heterocycles. The molecule has 0 amide bonds. The Hall–Kier alpha value is -1.62.